The zero-order chi connectivity index (χ0) is 20.9. The molecule has 1 heterocycles. The third-order valence-corrected chi connectivity index (χ3v) is 6.52. The number of aliphatic imine (C=N–C) groups is 1. The molecule has 1 unspecified atom stereocenters. The van der Waals surface area contributed by atoms with E-state index in [-0.39, 0.29) is 28.7 Å². The number of hydrogen-bond donors (Lipinski definition) is 1. The first-order chi connectivity index (χ1) is 13.0. The molecule has 0 bridgehead atoms. The fraction of sp³-hybridized carbons (Fsp3) is 0.632. The van der Waals surface area contributed by atoms with Crippen LogP contribution in [0.2, 0.25) is 0 Å². The summed E-state index contributed by atoms with van der Waals surface area (Å²) in [6.07, 6.45) is -4.34. The van der Waals surface area contributed by atoms with Crippen molar-refractivity contribution >= 4 is 46.4 Å². The van der Waals surface area contributed by atoms with Crippen LogP contribution in [0.5, 0.6) is 0 Å². The Kier molecular flexibility index (Phi) is 9.71. The molecule has 2 rings (SSSR count). The molecule has 1 aliphatic rings. The lowest BCUT2D eigenvalue weighted by Crippen LogP contribution is -2.53. The summed E-state index contributed by atoms with van der Waals surface area (Å²) in [6.45, 7) is 8.92. The molecule has 29 heavy (non-hydrogen) atoms. The van der Waals surface area contributed by atoms with Gasteiger partial charge in [0.1, 0.15) is 0 Å². The van der Waals surface area contributed by atoms with Crippen molar-refractivity contribution in [1.82, 2.24) is 10.2 Å². The van der Waals surface area contributed by atoms with Gasteiger partial charge in [0.05, 0.1) is 5.56 Å². The normalized spacial score (nSPS) is 17.0. The molecule has 0 amide bonds. The molecule has 1 aliphatic heterocycles. The molecule has 0 radical (unpaired) electrons. The summed E-state index contributed by atoms with van der Waals surface area (Å²) >= 11 is 0. The third-order valence-electron chi connectivity index (χ3n) is 4.58. The Morgan fingerprint density at radius 3 is 2.31 bits per heavy atom. The van der Waals surface area contributed by atoms with E-state index in [9.17, 15) is 17.4 Å². The van der Waals surface area contributed by atoms with Crippen LogP contribution in [-0.4, -0.2) is 65.3 Å². The molecule has 0 aromatic heterocycles. The predicted octanol–water partition coefficient (Wildman–Crippen LogP) is 3.57. The van der Waals surface area contributed by atoms with E-state index in [1.165, 1.54) is 12.1 Å². The Balaban J connectivity index is 0.00000420. The van der Waals surface area contributed by atoms with Crippen molar-refractivity contribution in [2.45, 2.75) is 31.7 Å². The second kappa shape index (κ2) is 10.8. The molecule has 1 aromatic rings. The molecule has 10 heteroatoms. The Morgan fingerprint density at radius 1 is 1.17 bits per heavy atom. The Labute approximate surface area is 190 Å². The Bertz CT molecular complexity index is 714. The zero-order valence-corrected chi connectivity index (χ0v) is 20.4. The second-order valence-corrected chi connectivity index (χ2v) is 9.98. The van der Waals surface area contributed by atoms with Crippen LogP contribution in [0, 0.1) is 0 Å². The largest absolute Gasteiger partial charge is 0.416 e. The van der Waals surface area contributed by atoms with Crippen LogP contribution in [0.1, 0.15) is 26.3 Å². The molecule has 1 atom stereocenters. The van der Waals surface area contributed by atoms with Crippen molar-refractivity contribution in [2.24, 2.45) is 4.99 Å². The van der Waals surface area contributed by atoms with Gasteiger partial charge in [-0.25, -0.2) is 0 Å². The summed E-state index contributed by atoms with van der Waals surface area (Å²) in [4.78, 5) is 8.31. The highest BCUT2D eigenvalue weighted by Crippen LogP contribution is 2.31. The van der Waals surface area contributed by atoms with E-state index < -0.39 is 22.5 Å². The summed E-state index contributed by atoms with van der Waals surface area (Å²) in [5, 5.41) is 3.24. The van der Waals surface area contributed by atoms with Crippen LogP contribution in [0.4, 0.5) is 18.9 Å². The van der Waals surface area contributed by atoms with Crippen molar-refractivity contribution in [3.8, 4) is 0 Å². The highest BCUT2D eigenvalue weighted by molar-refractivity contribution is 14.0. The number of halogens is 4. The van der Waals surface area contributed by atoms with Crippen molar-refractivity contribution in [3.05, 3.63) is 29.8 Å². The molecule has 0 spiro atoms. The smallest absolute Gasteiger partial charge is 0.368 e. The lowest BCUT2D eigenvalue weighted by atomic mass is 10.1. The van der Waals surface area contributed by atoms with Gasteiger partial charge in [0.25, 0.3) is 0 Å². The number of piperazine rings is 1. The number of benzene rings is 1. The Morgan fingerprint density at radius 2 is 1.79 bits per heavy atom. The SMILES string of the molecule is CN=C(NCCS(=O)C(C)(C)C)N1CCN(c2cccc(C(F)(F)F)c2)CC1.I. The van der Waals surface area contributed by atoms with Gasteiger partial charge in [0.2, 0.25) is 0 Å². The average Bonchev–Trinajstić information content (AvgIpc) is 2.64. The molecule has 166 valence electrons. The van der Waals surface area contributed by atoms with Crippen LogP contribution < -0.4 is 10.2 Å². The fourth-order valence-corrected chi connectivity index (χ4v) is 3.85. The van der Waals surface area contributed by atoms with E-state index in [1.807, 2.05) is 25.7 Å². The van der Waals surface area contributed by atoms with Gasteiger partial charge in [-0.05, 0) is 39.0 Å². The van der Waals surface area contributed by atoms with Gasteiger partial charge in [-0.2, -0.15) is 13.2 Å². The number of alkyl halides is 3. The molecular weight excluding hydrogens is 516 g/mol. The van der Waals surface area contributed by atoms with E-state index >= 15 is 0 Å². The number of hydrogen-bond acceptors (Lipinski definition) is 3. The van der Waals surface area contributed by atoms with E-state index in [4.69, 9.17) is 0 Å². The van der Waals surface area contributed by atoms with Crippen molar-refractivity contribution in [3.63, 3.8) is 0 Å². The molecule has 1 saturated heterocycles. The molecule has 0 saturated carbocycles. The number of anilines is 1. The van der Waals surface area contributed by atoms with Crippen molar-refractivity contribution in [2.75, 3.05) is 50.4 Å². The minimum absolute atomic E-state index is 0. The van der Waals surface area contributed by atoms with E-state index in [2.05, 4.69) is 15.2 Å². The zero-order valence-electron chi connectivity index (χ0n) is 17.3. The second-order valence-electron chi connectivity index (χ2n) is 7.66. The van der Waals surface area contributed by atoms with Crippen LogP contribution in [-0.2, 0) is 17.0 Å². The lowest BCUT2D eigenvalue weighted by molar-refractivity contribution is -0.137. The maximum absolute atomic E-state index is 12.9. The van der Waals surface area contributed by atoms with Crippen molar-refractivity contribution in [1.29, 1.82) is 0 Å². The van der Waals surface area contributed by atoms with Crippen molar-refractivity contribution < 1.29 is 17.4 Å². The van der Waals surface area contributed by atoms with Crippen LogP contribution in [0.3, 0.4) is 0 Å². The average molecular weight is 546 g/mol. The van der Waals surface area contributed by atoms with E-state index in [1.54, 1.807) is 13.1 Å². The predicted molar refractivity (Wildman–Crippen MR) is 125 cm³/mol. The molecule has 5 nitrogen and oxygen atoms in total. The van der Waals surface area contributed by atoms with Gasteiger partial charge < -0.3 is 15.1 Å². The standard InChI is InChI=1S/C19H29F3N4OS.HI/c1-18(2,3)28(27)13-8-24-17(23-4)26-11-9-25(10-12-26)16-7-5-6-15(14-16)19(20,21)22;/h5-7,14H,8-13H2,1-4H3,(H,23,24);1H. The van der Waals surface area contributed by atoms with Gasteiger partial charge in [-0.15, -0.1) is 24.0 Å². The number of guanidine groups is 1. The van der Waals surface area contributed by atoms with Gasteiger partial charge in [0.15, 0.2) is 5.96 Å². The maximum Gasteiger partial charge on any atom is 0.416 e. The molecular formula is C19H30F3IN4OS. The number of nitrogens with one attached hydrogen (secondary N) is 1. The monoisotopic (exact) mass is 546 g/mol. The summed E-state index contributed by atoms with van der Waals surface area (Å²) in [7, 11) is 0.760. The third kappa shape index (κ3) is 7.62. The quantitative estimate of drug-likeness (QED) is 0.357. The Hall–Kier alpha value is -1.04. The van der Waals surface area contributed by atoms with E-state index in [0.29, 0.717) is 44.2 Å². The maximum atomic E-state index is 12.9. The summed E-state index contributed by atoms with van der Waals surface area (Å²) in [6, 6.07) is 5.44. The minimum atomic E-state index is -4.34. The highest BCUT2D eigenvalue weighted by atomic mass is 127. The summed E-state index contributed by atoms with van der Waals surface area (Å²) in [5.41, 5.74) is -0.0465. The van der Waals surface area contributed by atoms with Crippen LogP contribution in [0.25, 0.3) is 0 Å². The van der Waals surface area contributed by atoms with Gasteiger partial charge in [-0.3, -0.25) is 9.20 Å². The topological polar surface area (TPSA) is 47.9 Å². The molecule has 0 aliphatic carbocycles. The van der Waals surface area contributed by atoms with Gasteiger partial charge in [0, 0.05) is 66.8 Å². The van der Waals surface area contributed by atoms with Gasteiger partial charge >= 0.3 is 6.18 Å². The highest BCUT2D eigenvalue weighted by Gasteiger charge is 2.31. The number of rotatable bonds is 4. The summed E-state index contributed by atoms with van der Waals surface area (Å²) in [5.74, 6) is 1.27. The molecule has 1 fully saturated rings. The lowest BCUT2D eigenvalue weighted by Gasteiger charge is -2.38. The van der Waals surface area contributed by atoms with Crippen LogP contribution in [0.15, 0.2) is 29.3 Å². The van der Waals surface area contributed by atoms with E-state index in [0.717, 1.165) is 12.0 Å². The number of nitrogens with zero attached hydrogens (tertiary/aromatic N) is 3. The molecule has 1 aromatic carbocycles. The van der Waals surface area contributed by atoms with Crippen LogP contribution >= 0.6 is 24.0 Å². The fourth-order valence-electron chi connectivity index (χ4n) is 2.95. The first-order valence-corrected chi connectivity index (χ1v) is 10.6. The minimum Gasteiger partial charge on any atom is -0.368 e. The first-order valence-electron chi connectivity index (χ1n) is 9.28. The van der Waals surface area contributed by atoms with Gasteiger partial charge in [-0.1, -0.05) is 6.07 Å². The summed E-state index contributed by atoms with van der Waals surface area (Å²) < 4.78 is 50.7. The first kappa shape index (κ1) is 26.0. The molecule has 1 N–H and O–H groups in total.